The second-order valence-electron chi connectivity index (χ2n) is 8.90. The van der Waals surface area contributed by atoms with Crippen molar-refractivity contribution < 1.29 is 9.53 Å². The topological polar surface area (TPSA) is 47.4 Å². The summed E-state index contributed by atoms with van der Waals surface area (Å²) in [6, 6.07) is 24.3. The van der Waals surface area contributed by atoms with Gasteiger partial charge in [-0.2, -0.15) is 0 Å². The number of methoxy groups -OCH3 is 1. The molecular weight excluding hydrogens is 442 g/mol. The Kier molecular flexibility index (Phi) is 5.70. The largest absolute Gasteiger partial charge is 0.497 e. The van der Waals surface area contributed by atoms with Gasteiger partial charge in [0.1, 0.15) is 5.75 Å². The zero-order valence-corrected chi connectivity index (χ0v) is 20.6. The molecule has 3 aromatic carbocycles. The smallest absolute Gasteiger partial charge is 0.174 e. The minimum Gasteiger partial charge on any atom is -0.497 e. The molecule has 0 fully saturated rings. The Labute approximate surface area is 204 Å². The third-order valence-electron chi connectivity index (χ3n) is 6.44. The molecule has 0 N–H and O–H groups in total. The summed E-state index contributed by atoms with van der Waals surface area (Å²) in [6.07, 6.45) is 1.80. The summed E-state index contributed by atoms with van der Waals surface area (Å²) < 4.78 is 7.41. The number of benzene rings is 3. The number of thioether (sulfide) groups is 1. The maximum absolute atomic E-state index is 13.1. The lowest BCUT2D eigenvalue weighted by Crippen LogP contribution is -2.24. The highest BCUT2D eigenvalue weighted by atomic mass is 32.2. The zero-order valence-electron chi connectivity index (χ0n) is 19.8. The quantitative estimate of drug-likeness (QED) is 0.256. The molecule has 0 saturated carbocycles. The number of hydrogen-bond donors (Lipinski definition) is 0. The Bertz CT molecular complexity index is 1400. The van der Waals surface area contributed by atoms with Crippen molar-refractivity contribution in [3.8, 4) is 11.4 Å². The van der Waals surface area contributed by atoms with Crippen LogP contribution < -0.4 is 9.64 Å². The van der Waals surface area contributed by atoms with E-state index in [4.69, 9.17) is 9.72 Å². The van der Waals surface area contributed by atoms with E-state index in [0.717, 1.165) is 39.0 Å². The Hall–Kier alpha value is -3.51. The molecule has 0 spiro atoms. The van der Waals surface area contributed by atoms with E-state index in [-0.39, 0.29) is 11.2 Å². The number of likely N-dealkylation sites (N-methyl/N-ethyl adjacent to an activating group) is 1. The maximum Gasteiger partial charge on any atom is 0.174 e. The fraction of sp³-hybridized carbons (Fsp3) is 0.214. The number of ketones is 1. The molecular formula is C28H27N3O2S. The van der Waals surface area contributed by atoms with E-state index < -0.39 is 0 Å². The number of nitrogens with zero attached hydrogens (tertiary/aromatic N) is 3. The average molecular weight is 470 g/mol. The van der Waals surface area contributed by atoms with Crippen LogP contribution in [0, 0.1) is 0 Å². The molecule has 6 heteroatoms. The van der Waals surface area contributed by atoms with Gasteiger partial charge < -0.3 is 9.64 Å². The third kappa shape index (κ3) is 3.78. The minimum absolute atomic E-state index is 0.0704. The third-order valence-corrected chi connectivity index (χ3v) is 7.40. The van der Waals surface area contributed by atoms with Gasteiger partial charge in [0.2, 0.25) is 0 Å². The van der Waals surface area contributed by atoms with Crippen molar-refractivity contribution in [3.05, 3.63) is 90.1 Å². The SMILES string of the molecule is COc1ccc(-n2c(SCC(=O)/C=C3\N(C)c4ccccc4C3(C)C)nc3ccccc32)cc1. The van der Waals surface area contributed by atoms with Crippen LogP contribution >= 0.6 is 11.8 Å². The van der Waals surface area contributed by atoms with Crippen molar-refractivity contribution in [2.24, 2.45) is 0 Å². The first kappa shape index (κ1) is 22.3. The first-order valence-electron chi connectivity index (χ1n) is 11.2. The number of carbonyl (C=O) groups excluding carboxylic acids is 1. The van der Waals surface area contributed by atoms with E-state index >= 15 is 0 Å². The number of fused-ring (bicyclic) bond motifs is 2. The maximum atomic E-state index is 13.1. The first-order valence-corrected chi connectivity index (χ1v) is 12.2. The molecule has 5 nitrogen and oxygen atoms in total. The molecule has 0 atom stereocenters. The van der Waals surface area contributed by atoms with Gasteiger partial charge in [-0.05, 0) is 48.0 Å². The molecule has 1 aliphatic rings. The molecule has 0 saturated heterocycles. The van der Waals surface area contributed by atoms with Crippen LogP contribution in [0.25, 0.3) is 16.7 Å². The number of ether oxygens (including phenoxy) is 1. The summed E-state index contributed by atoms with van der Waals surface area (Å²) in [7, 11) is 3.69. The molecule has 0 bridgehead atoms. The van der Waals surface area contributed by atoms with Crippen LogP contribution in [0.3, 0.4) is 0 Å². The number of anilines is 1. The summed E-state index contributed by atoms with van der Waals surface area (Å²) >= 11 is 1.46. The van der Waals surface area contributed by atoms with Gasteiger partial charge in [-0.25, -0.2) is 4.98 Å². The minimum atomic E-state index is -0.220. The van der Waals surface area contributed by atoms with Gasteiger partial charge in [0.05, 0.1) is 23.9 Å². The Balaban J connectivity index is 1.43. The molecule has 0 unspecified atom stereocenters. The van der Waals surface area contributed by atoms with E-state index in [0.29, 0.717) is 5.75 Å². The number of allylic oxidation sites excluding steroid dienone is 2. The van der Waals surface area contributed by atoms with Crippen LogP contribution in [0.2, 0.25) is 0 Å². The molecule has 4 aromatic rings. The lowest BCUT2D eigenvalue weighted by Gasteiger charge is -2.23. The van der Waals surface area contributed by atoms with Crippen molar-refractivity contribution in [1.82, 2.24) is 9.55 Å². The van der Waals surface area contributed by atoms with Gasteiger partial charge in [-0.1, -0.05) is 55.9 Å². The monoisotopic (exact) mass is 469 g/mol. The van der Waals surface area contributed by atoms with E-state index in [1.807, 2.05) is 61.6 Å². The molecule has 0 radical (unpaired) electrons. The molecule has 1 aromatic heterocycles. The molecule has 0 aliphatic carbocycles. The van der Waals surface area contributed by atoms with Crippen molar-refractivity contribution in [2.75, 3.05) is 24.8 Å². The van der Waals surface area contributed by atoms with E-state index in [1.54, 1.807) is 13.2 Å². The predicted octanol–water partition coefficient (Wildman–Crippen LogP) is 6.01. The second kappa shape index (κ2) is 8.69. The Morgan fingerprint density at radius 1 is 1.03 bits per heavy atom. The molecule has 0 amide bonds. The second-order valence-corrected chi connectivity index (χ2v) is 9.84. The van der Waals surface area contributed by atoms with Crippen molar-refractivity contribution in [1.29, 1.82) is 0 Å². The van der Waals surface area contributed by atoms with Crippen LogP contribution in [-0.2, 0) is 10.2 Å². The van der Waals surface area contributed by atoms with Crippen LogP contribution in [0.5, 0.6) is 5.75 Å². The van der Waals surface area contributed by atoms with Gasteiger partial charge >= 0.3 is 0 Å². The number of hydrogen-bond acceptors (Lipinski definition) is 5. The number of imidazole rings is 1. The van der Waals surface area contributed by atoms with Crippen molar-refractivity contribution in [2.45, 2.75) is 24.4 Å². The lowest BCUT2D eigenvalue weighted by atomic mass is 9.83. The zero-order chi connectivity index (χ0) is 23.9. The van der Waals surface area contributed by atoms with Gasteiger partial charge in [0, 0.05) is 35.6 Å². The van der Waals surface area contributed by atoms with Crippen molar-refractivity contribution in [3.63, 3.8) is 0 Å². The fourth-order valence-electron chi connectivity index (χ4n) is 4.67. The number of para-hydroxylation sites is 3. The summed E-state index contributed by atoms with van der Waals surface area (Å²) in [4.78, 5) is 20.1. The summed E-state index contributed by atoms with van der Waals surface area (Å²) in [5, 5.41) is 0.792. The van der Waals surface area contributed by atoms with Gasteiger partial charge in [-0.3, -0.25) is 9.36 Å². The summed E-state index contributed by atoms with van der Waals surface area (Å²) in [6.45, 7) is 4.34. The normalized spacial score (nSPS) is 15.6. The van der Waals surface area contributed by atoms with Gasteiger partial charge in [0.15, 0.2) is 10.9 Å². The highest BCUT2D eigenvalue weighted by molar-refractivity contribution is 7.99. The van der Waals surface area contributed by atoms with Crippen molar-refractivity contribution >= 4 is 34.3 Å². The van der Waals surface area contributed by atoms with Crippen LogP contribution in [-0.4, -0.2) is 35.2 Å². The highest BCUT2D eigenvalue weighted by Gasteiger charge is 2.38. The van der Waals surface area contributed by atoms with E-state index in [1.165, 1.54) is 17.3 Å². The number of aromatic nitrogens is 2. The van der Waals surface area contributed by atoms with Gasteiger partial charge in [0.25, 0.3) is 0 Å². The van der Waals surface area contributed by atoms with Gasteiger partial charge in [-0.15, -0.1) is 0 Å². The fourth-order valence-corrected chi connectivity index (χ4v) is 5.52. The summed E-state index contributed by atoms with van der Waals surface area (Å²) in [5.74, 6) is 1.18. The van der Waals surface area contributed by atoms with Crippen LogP contribution in [0.4, 0.5) is 5.69 Å². The molecule has 5 rings (SSSR count). The molecule has 34 heavy (non-hydrogen) atoms. The van der Waals surface area contributed by atoms with Crippen LogP contribution in [0.1, 0.15) is 19.4 Å². The molecule has 1 aliphatic heterocycles. The summed E-state index contributed by atoms with van der Waals surface area (Å²) in [5.41, 5.74) is 6.08. The number of rotatable bonds is 6. The molecule has 2 heterocycles. The van der Waals surface area contributed by atoms with E-state index in [9.17, 15) is 4.79 Å². The van der Waals surface area contributed by atoms with E-state index in [2.05, 4.69) is 41.5 Å². The molecule has 172 valence electrons. The number of carbonyl (C=O) groups is 1. The lowest BCUT2D eigenvalue weighted by molar-refractivity contribution is -0.112. The Morgan fingerprint density at radius 3 is 2.47 bits per heavy atom. The Morgan fingerprint density at radius 2 is 1.74 bits per heavy atom. The first-order chi connectivity index (χ1) is 16.4. The van der Waals surface area contributed by atoms with Crippen LogP contribution in [0.15, 0.2) is 89.7 Å². The highest BCUT2D eigenvalue weighted by Crippen LogP contribution is 2.46. The standard InChI is InChI=1S/C28H27N3O2S/c1-28(2)22-9-5-7-11-24(22)30(3)26(28)17-20(32)18-34-27-29-23-10-6-8-12-25(23)31(27)19-13-15-21(33-4)16-14-19/h5-17H,18H2,1-4H3/b26-17-. The predicted molar refractivity (Wildman–Crippen MR) is 139 cm³/mol. The average Bonchev–Trinajstić information content (AvgIpc) is 3.32.